The lowest BCUT2D eigenvalue weighted by Gasteiger charge is -2.19. The van der Waals surface area contributed by atoms with Gasteiger partial charge in [-0.05, 0) is 45.4 Å². The molecule has 2 rings (SSSR count). The number of amides is 1. The maximum Gasteiger partial charge on any atom is 0.412 e. The van der Waals surface area contributed by atoms with Gasteiger partial charge in [0.25, 0.3) is 0 Å². The minimum Gasteiger partial charge on any atom is -0.444 e. The number of aromatic amines is 1. The fraction of sp³-hybridized carbons (Fsp3) is 0.438. The standard InChI is InChI=1S/C14H18N2O2.C2H6/c1-9-8-15-12-7-10(5-6-11(9)12)16-13(17)18-14(2,3)4;1-2/h5-8,15H,1-4H3,(H,16,17);1-2H3. The maximum atomic E-state index is 11.6. The van der Waals surface area contributed by atoms with Gasteiger partial charge in [-0.25, -0.2) is 4.79 Å². The van der Waals surface area contributed by atoms with Crippen molar-refractivity contribution >= 4 is 22.7 Å². The monoisotopic (exact) mass is 276 g/mol. The predicted octanol–water partition coefficient (Wildman–Crippen LogP) is 4.85. The first-order valence-corrected chi connectivity index (χ1v) is 6.93. The molecule has 110 valence electrons. The van der Waals surface area contributed by atoms with Crippen molar-refractivity contribution < 1.29 is 9.53 Å². The number of fused-ring (bicyclic) bond motifs is 1. The summed E-state index contributed by atoms with van der Waals surface area (Å²) in [5.41, 5.74) is 2.42. The average Bonchev–Trinajstić information content (AvgIpc) is 2.71. The molecule has 0 spiro atoms. The van der Waals surface area contributed by atoms with Crippen molar-refractivity contribution in [3.8, 4) is 0 Å². The first kappa shape index (κ1) is 16.1. The van der Waals surface area contributed by atoms with E-state index in [1.807, 2.05) is 65.9 Å². The number of H-pyrrole nitrogens is 1. The zero-order chi connectivity index (χ0) is 15.3. The Hall–Kier alpha value is -1.97. The summed E-state index contributed by atoms with van der Waals surface area (Å²) in [7, 11) is 0. The minimum absolute atomic E-state index is 0.440. The predicted molar refractivity (Wildman–Crippen MR) is 84.2 cm³/mol. The number of aromatic nitrogens is 1. The second-order valence-electron chi connectivity index (χ2n) is 5.36. The van der Waals surface area contributed by atoms with Gasteiger partial charge >= 0.3 is 6.09 Å². The lowest BCUT2D eigenvalue weighted by Crippen LogP contribution is -2.27. The topological polar surface area (TPSA) is 54.1 Å². The number of ether oxygens (including phenoxy) is 1. The van der Waals surface area contributed by atoms with Crippen LogP contribution in [0.3, 0.4) is 0 Å². The summed E-state index contributed by atoms with van der Waals surface area (Å²) < 4.78 is 5.20. The molecule has 0 unspecified atom stereocenters. The Morgan fingerprint density at radius 2 is 1.90 bits per heavy atom. The number of anilines is 1. The van der Waals surface area contributed by atoms with Crippen molar-refractivity contribution in [3.05, 3.63) is 30.0 Å². The van der Waals surface area contributed by atoms with Gasteiger partial charge in [0.15, 0.2) is 0 Å². The van der Waals surface area contributed by atoms with Crippen LogP contribution in [0.1, 0.15) is 40.2 Å². The van der Waals surface area contributed by atoms with E-state index >= 15 is 0 Å². The van der Waals surface area contributed by atoms with E-state index < -0.39 is 11.7 Å². The minimum atomic E-state index is -0.489. The van der Waals surface area contributed by atoms with Gasteiger partial charge in [0.05, 0.1) is 0 Å². The molecule has 1 aromatic heterocycles. The summed E-state index contributed by atoms with van der Waals surface area (Å²) in [6, 6.07) is 5.74. The normalized spacial score (nSPS) is 10.7. The van der Waals surface area contributed by atoms with E-state index in [0.717, 1.165) is 16.6 Å². The van der Waals surface area contributed by atoms with Crippen LogP contribution in [-0.2, 0) is 4.74 Å². The number of nitrogens with one attached hydrogen (secondary N) is 2. The van der Waals surface area contributed by atoms with Crippen LogP contribution in [0.4, 0.5) is 10.5 Å². The van der Waals surface area contributed by atoms with E-state index in [4.69, 9.17) is 4.74 Å². The van der Waals surface area contributed by atoms with E-state index in [1.165, 1.54) is 5.56 Å². The molecule has 0 fully saturated rings. The Balaban J connectivity index is 0.000000956. The molecule has 0 saturated carbocycles. The highest BCUT2D eigenvalue weighted by molar-refractivity contribution is 5.91. The van der Waals surface area contributed by atoms with E-state index in [0.29, 0.717) is 0 Å². The lowest BCUT2D eigenvalue weighted by atomic mass is 10.2. The Morgan fingerprint density at radius 1 is 1.25 bits per heavy atom. The zero-order valence-corrected chi connectivity index (χ0v) is 13.1. The maximum absolute atomic E-state index is 11.6. The van der Waals surface area contributed by atoms with Crippen molar-refractivity contribution in [2.75, 3.05) is 5.32 Å². The summed E-state index contributed by atoms with van der Waals surface area (Å²) in [6.45, 7) is 11.6. The van der Waals surface area contributed by atoms with Gasteiger partial charge in [-0.3, -0.25) is 5.32 Å². The second kappa shape index (κ2) is 6.46. The molecule has 4 heteroatoms. The van der Waals surface area contributed by atoms with E-state index in [-0.39, 0.29) is 0 Å². The highest BCUT2D eigenvalue weighted by Gasteiger charge is 2.16. The molecule has 1 heterocycles. The molecule has 0 saturated heterocycles. The van der Waals surface area contributed by atoms with Crippen LogP contribution >= 0.6 is 0 Å². The van der Waals surface area contributed by atoms with Crippen LogP contribution in [0, 0.1) is 6.92 Å². The molecule has 0 aliphatic carbocycles. The van der Waals surface area contributed by atoms with E-state index in [2.05, 4.69) is 10.3 Å². The molecule has 20 heavy (non-hydrogen) atoms. The molecule has 1 amide bonds. The second-order valence-corrected chi connectivity index (χ2v) is 5.36. The summed E-state index contributed by atoms with van der Waals surface area (Å²) in [5, 5.41) is 3.88. The summed E-state index contributed by atoms with van der Waals surface area (Å²) >= 11 is 0. The molecular formula is C16H24N2O2. The average molecular weight is 276 g/mol. The smallest absolute Gasteiger partial charge is 0.412 e. The van der Waals surface area contributed by atoms with E-state index in [9.17, 15) is 4.79 Å². The number of aryl methyl sites for hydroxylation is 1. The van der Waals surface area contributed by atoms with Crippen molar-refractivity contribution in [1.82, 2.24) is 4.98 Å². The fourth-order valence-electron chi connectivity index (χ4n) is 1.77. The van der Waals surface area contributed by atoms with Crippen molar-refractivity contribution in [3.63, 3.8) is 0 Å². The third kappa shape index (κ3) is 4.30. The van der Waals surface area contributed by atoms with Gasteiger partial charge < -0.3 is 9.72 Å². The third-order valence-electron chi connectivity index (χ3n) is 2.53. The molecular weight excluding hydrogens is 252 g/mol. The number of hydrogen-bond donors (Lipinski definition) is 2. The van der Waals surface area contributed by atoms with Crippen LogP contribution in [-0.4, -0.2) is 16.7 Å². The van der Waals surface area contributed by atoms with Crippen LogP contribution in [0.15, 0.2) is 24.4 Å². The van der Waals surface area contributed by atoms with Gasteiger partial charge in [0.1, 0.15) is 5.60 Å². The Labute approximate surface area is 120 Å². The lowest BCUT2D eigenvalue weighted by molar-refractivity contribution is 0.0636. The number of benzene rings is 1. The zero-order valence-electron chi connectivity index (χ0n) is 13.1. The van der Waals surface area contributed by atoms with Gasteiger partial charge in [-0.15, -0.1) is 0 Å². The molecule has 2 aromatic rings. The van der Waals surface area contributed by atoms with Gasteiger partial charge in [-0.1, -0.05) is 19.9 Å². The Bertz CT molecular complexity index is 580. The molecule has 0 aliphatic rings. The number of carbonyl (C=O) groups is 1. The molecule has 2 N–H and O–H groups in total. The summed E-state index contributed by atoms with van der Waals surface area (Å²) in [6.07, 6.45) is 1.51. The van der Waals surface area contributed by atoms with Crippen LogP contribution in [0.25, 0.3) is 10.9 Å². The van der Waals surface area contributed by atoms with Gasteiger partial charge in [-0.2, -0.15) is 0 Å². The van der Waals surface area contributed by atoms with Crippen molar-refractivity contribution in [2.45, 2.75) is 47.1 Å². The first-order chi connectivity index (χ1) is 9.35. The first-order valence-electron chi connectivity index (χ1n) is 6.93. The van der Waals surface area contributed by atoms with Crippen LogP contribution < -0.4 is 5.32 Å². The molecule has 0 aliphatic heterocycles. The van der Waals surface area contributed by atoms with Crippen LogP contribution in [0.2, 0.25) is 0 Å². The fourth-order valence-corrected chi connectivity index (χ4v) is 1.77. The molecule has 1 aromatic carbocycles. The molecule has 0 atom stereocenters. The van der Waals surface area contributed by atoms with Crippen molar-refractivity contribution in [2.24, 2.45) is 0 Å². The summed E-state index contributed by atoms with van der Waals surface area (Å²) in [5.74, 6) is 0. The van der Waals surface area contributed by atoms with Gasteiger partial charge in [0, 0.05) is 22.8 Å². The Morgan fingerprint density at radius 3 is 2.50 bits per heavy atom. The van der Waals surface area contributed by atoms with E-state index in [1.54, 1.807) is 0 Å². The third-order valence-corrected chi connectivity index (χ3v) is 2.53. The largest absolute Gasteiger partial charge is 0.444 e. The highest BCUT2D eigenvalue weighted by Crippen LogP contribution is 2.21. The summed E-state index contributed by atoms with van der Waals surface area (Å²) in [4.78, 5) is 14.8. The quantitative estimate of drug-likeness (QED) is 0.782. The Kier molecular flexibility index (Phi) is 5.19. The molecule has 0 radical (unpaired) electrons. The van der Waals surface area contributed by atoms with Crippen LogP contribution in [0.5, 0.6) is 0 Å². The SMILES string of the molecule is CC.Cc1c[nH]c2cc(NC(=O)OC(C)(C)C)ccc12. The number of hydrogen-bond acceptors (Lipinski definition) is 2. The number of carbonyl (C=O) groups excluding carboxylic acids is 1. The van der Waals surface area contributed by atoms with Gasteiger partial charge in [0.2, 0.25) is 0 Å². The molecule has 0 bridgehead atoms. The molecule has 4 nitrogen and oxygen atoms in total. The van der Waals surface area contributed by atoms with Crippen molar-refractivity contribution in [1.29, 1.82) is 0 Å². The highest BCUT2D eigenvalue weighted by atomic mass is 16.6. The number of rotatable bonds is 1.